The van der Waals surface area contributed by atoms with Crippen LogP contribution in [-0.4, -0.2) is 32.3 Å². The van der Waals surface area contributed by atoms with Gasteiger partial charge in [-0.2, -0.15) is 0 Å². The lowest BCUT2D eigenvalue weighted by atomic mass is 9.80. The van der Waals surface area contributed by atoms with Crippen molar-refractivity contribution in [3.63, 3.8) is 0 Å². The van der Waals surface area contributed by atoms with Crippen molar-refractivity contribution in [1.82, 2.24) is 4.72 Å². The van der Waals surface area contributed by atoms with Crippen LogP contribution in [0.25, 0.3) is 0 Å². The summed E-state index contributed by atoms with van der Waals surface area (Å²) in [4.78, 5) is 12.2. The molecule has 7 heteroatoms. The molecule has 2 aromatic rings. The highest BCUT2D eigenvalue weighted by atomic mass is 32.2. The number of aliphatic carboxylic acids is 1. The molecule has 2 N–H and O–H groups in total. The van der Waals surface area contributed by atoms with E-state index in [1.54, 1.807) is 23.9 Å². The second-order valence-corrected chi connectivity index (χ2v) is 10.4. The lowest BCUT2D eigenvalue weighted by molar-refractivity contribution is -0.136. The van der Waals surface area contributed by atoms with Gasteiger partial charge in [0.2, 0.25) is 10.0 Å². The summed E-state index contributed by atoms with van der Waals surface area (Å²) in [7, 11) is -3.55. The van der Waals surface area contributed by atoms with Crippen LogP contribution in [0.5, 0.6) is 0 Å². The molecule has 0 unspecified atom stereocenters. The molecule has 3 rings (SSSR count). The normalized spacial score (nSPS) is 16.0. The minimum absolute atomic E-state index is 0.0144. The Morgan fingerprint density at radius 3 is 2.17 bits per heavy atom. The predicted octanol–water partition coefficient (Wildman–Crippen LogP) is 4.12. The highest BCUT2D eigenvalue weighted by Gasteiger charge is 2.35. The topological polar surface area (TPSA) is 83.5 Å². The maximum absolute atomic E-state index is 12.8. The number of thioether (sulfide) groups is 1. The molecule has 0 amide bonds. The predicted molar refractivity (Wildman–Crippen MR) is 116 cm³/mol. The minimum Gasteiger partial charge on any atom is -0.481 e. The van der Waals surface area contributed by atoms with E-state index in [4.69, 9.17) is 5.11 Å². The first-order chi connectivity index (χ1) is 13.8. The number of carbonyl (C=O) groups is 1. The summed E-state index contributed by atoms with van der Waals surface area (Å²) < 4.78 is 28.4. The average Bonchev–Trinajstić information content (AvgIpc) is 3.16. The van der Waals surface area contributed by atoms with Crippen LogP contribution in [0.4, 0.5) is 0 Å². The maximum Gasteiger partial charge on any atom is 0.307 e. The number of hydrogen-bond acceptors (Lipinski definition) is 4. The summed E-state index contributed by atoms with van der Waals surface area (Å²) in [5.41, 5.74) is 1.79. The van der Waals surface area contributed by atoms with Crippen molar-refractivity contribution in [2.45, 2.75) is 48.3 Å². The highest BCUT2D eigenvalue weighted by Crippen LogP contribution is 2.40. The minimum atomic E-state index is -3.55. The third-order valence-corrected chi connectivity index (χ3v) is 7.79. The van der Waals surface area contributed by atoms with Crippen molar-refractivity contribution in [1.29, 1.82) is 0 Å². The molecule has 0 spiro atoms. The standard InChI is InChI=1S/C22H27NO4S2/c1-28-19-8-10-20(11-9-19)29(26,27)23-16-22(12-2-3-13-22)15-18-6-4-17(5-7-18)14-21(24)25/h4-11,23H,2-3,12-16H2,1H3,(H,24,25). The number of benzene rings is 2. The molecule has 29 heavy (non-hydrogen) atoms. The van der Waals surface area contributed by atoms with E-state index in [1.807, 2.05) is 42.7 Å². The zero-order valence-corrected chi connectivity index (χ0v) is 18.2. The summed E-state index contributed by atoms with van der Waals surface area (Å²) in [6.07, 6.45) is 6.92. The molecule has 0 aromatic heterocycles. The van der Waals surface area contributed by atoms with E-state index >= 15 is 0 Å². The lowest BCUT2D eigenvalue weighted by Crippen LogP contribution is -2.37. The van der Waals surface area contributed by atoms with Gasteiger partial charge in [0.05, 0.1) is 11.3 Å². The van der Waals surface area contributed by atoms with Gasteiger partial charge in [0.1, 0.15) is 0 Å². The first kappa shape index (κ1) is 21.9. The van der Waals surface area contributed by atoms with E-state index in [0.717, 1.165) is 48.1 Å². The number of rotatable bonds is 9. The molecule has 0 bridgehead atoms. The molecular formula is C22H27NO4S2. The quantitative estimate of drug-likeness (QED) is 0.581. The Labute approximate surface area is 177 Å². The molecule has 156 valence electrons. The molecule has 0 heterocycles. The fraction of sp³-hybridized carbons (Fsp3) is 0.409. The molecule has 5 nitrogen and oxygen atoms in total. The van der Waals surface area contributed by atoms with E-state index in [-0.39, 0.29) is 11.8 Å². The molecule has 1 aliphatic rings. The molecule has 1 fully saturated rings. The van der Waals surface area contributed by atoms with E-state index in [1.165, 1.54) is 0 Å². The first-order valence-electron chi connectivity index (χ1n) is 9.75. The fourth-order valence-electron chi connectivity index (χ4n) is 4.01. The Morgan fingerprint density at radius 2 is 1.62 bits per heavy atom. The molecule has 0 aliphatic heterocycles. The summed E-state index contributed by atoms with van der Waals surface area (Å²) in [5, 5.41) is 8.91. The third kappa shape index (κ3) is 5.84. The van der Waals surface area contributed by atoms with E-state index < -0.39 is 16.0 Å². The smallest absolute Gasteiger partial charge is 0.307 e. The number of nitrogens with one attached hydrogen (secondary N) is 1. The molecule has 1 saturated carbocycles. The van der Waals surface area contributed by atoms with Gasteiger partial charge in [-0.1, -0.05) is 37.1 Å². The summed E-state index contributed by atoms with van der Waals surface area (Å²) >= 11 is 1.58. The molecule has 2 aromatic carbocycles. The average molecular weight is 434 g/mol. The van der Waals surface area contributed by atoms with Crippen molar-refractivity contribution < 1.29 is 18.3 Å². The molecule has 0 radical (unpaired) electrons. The van der Waals surface area contributed by atoms with Gasteiger partial charge < -0.3 is 5.11 Å². The van der Waals surface area contributed by atoms with Crippen molar-refractivity contribution in [3.05, 3.63) is 59.7 Å². The Balaban J connectivity index is 1.69. The van der Waals surface area contributed by atoms with Crippen molar-refractivity contribution in [2.24, 2.45) is 5.41 Å². The maximum atomic E-state index is 12.8. The molecular weight excluding hydrogens is 406 g/mol. The van der Waals surface area contributed by atoms with Gasteiger partial charge in [-0.3, -0.25) is 4.79 Å². The van der Waals surface area contributed by atoms with Crippen molar-refractivity contribution in [2.75, 3.05) is 12.8 Å². The monoisotopic (exact) mass is 433 g/mol. The van der Waals surface area contributed by atoms with Crippen LogP contribution in [0.1, 0.15) is 36.8 Å². The van der Waals surface area contributed by atoms with Gasteiger partial charge in [0.25, 0.3) is 0 Å². The number of carboxylic acid groups (broad SMARTS) is 1. The number of sulfonamides is 1. The first-order valence-corrected chi connectivity index (χ1v) is 12.5. The summed E-state index contributed by atoms with van der Waals surface area (Å²) in [6, 6.07) is 14.6. The van der Waals surface area contributed by atoms with Crippen LogP contribution in [-0.2, 0) is 27.7 Å². The van der Waals surface area contributed by atoms with Gasteiger partial charge in [-0.05, 0) is 66.3 Å². The largest absolute Gasteiger partial charge is 0.481 e. The van der Waals surface area contributed by atoms with E-state index in [9.17, 15) is 13.2 Å². The van der Waals surface area contributed by atoms with Crippen molar-refractivity contribution >= 4 is 27.8 Å². The van der Waals surface area contributed by atoms with Crippen LogP contribution in [0, 0.1) is 5.41 Å². The van der Waals surface area contributed by atoms with Crippen LogP contribution in [0.15, 0.2) is 58.3 Å². The molecule has 0 atom stereocenters. The van der Waals surface area contributed by atoms with Crippen LogP contribution in [0.2, 0.25) is 0 Å². The Hall–Kier alpha value is -1.83. The van der Waals surface area contributed by atoms with E-state index in [2.05, 4.69) is 4.72 Å². The van der Waals surface area contributed by atoms with E-state index in [0.29, 0.717) is 11.4 Å². The van der Waals surface area contributed by atoms with Crippen LogP contribution in [0.3, 0.4) is 0 Å². The fourth-order valence-corrected chi connectivity index (χ4v) is 5.58. The second kappa shape index (κ2) is 9.32. The third-order valence-electron chi connectivity index (χ3n) is 5.63. The van der Waals surface area contributed by atoms with Gasteiger partial charge >= 0.3 is 5.97 Å². The Kier molecular flexibility index (Phi) is 7.03. The molecule has 1 aliphatic carbocycles. The van der Waals surface area contributed by atoms with Gasteiger partial charge in [0.15, 0.2) is 0 Å². The number of hydrogen-bond donors (Lipinski definition) is 2. The highest BCUT2D eigenvalue weighted by molar-refractivity contribution is 7.98. The Morgan fingerprint density at radius 1 is 1.03 bits per heavy atom. The SMILES string of the molecule is CSc1ccc(S(=O)(=O)NCC2(Cc3ccc(CC(=O)O)cc3)CCCC2)cc1. The number of carboxylic acids is 1. The van der Waals surface area contributed by atoms with Gasteiger partial charge in [-0.25, -0.2) is 13.1 Å². The zero-order chi connectivity index (χ0) is 20.9. The van der Waals surface area contributed by atoms with Crippen LogP contribution >= 0.6 is 11.8 Å². The summed E-state index contributed by atoms with van der Waals surface area (Å²) in [6.45, 7) is 0.413. The lowest BCUT2D eigenvalue weighted by Gasteiger charge is -2.29. The van der Waals surface area contributed by atoms with Gasteiger partial charge in [-0.15, -0.1) is 11.8 Å². The van der Waals surface area contributed by atoms with Gasteiger partial charge in [0, 0.05) is 11.4 Å². The second-order valence-electron chi connectivity index (χ2n) is 7.77. The van der Waals surface area contributed by atoms with Crippen LogP contribution < -0.4 is 4.72 Å². The zero-order valence-electron chi connectivity index (χ0n) is 16.6. The molecule has 0 saturated heterocycles. The summed E-state index contributed by atoms with van der Waals surface area (Å²) in [5.74, 6) is -0.843. The van der Waals surface area contributed by atoms with Crippen molar-refractivity contribution in [3.8, 4) is 0 Å². The Bertz CT molecular complexity index is 932.